The number of hydrogen-bond acceptors (Lipinski definition) is 7. The Bertz CT molecular complexity index is 1200. The Labute approximate surface area is 396 Å². The Morgan fingerprint density at radius 1 is 0.531 bits per heavy atom. The zero-order valence-corrected chi connectivity index (χ0v) is 43.6. The number of unbranched alkanes of at least 4 members (excludes halogenated alkanes) is 28. The van der Waals surface area contributed by atoms with Crippen LogP contribution in [0, 0.1) is 0 Å². The summed E-state index contributed by atoms with van der Waals surface area (Å²) in [5.74, 6) is -0.576. The van der Waals surface area contributed by atoms with E-state index in [4.69, 9.17) is 13.8 Å². The van der Waals surface area contributed by atoms with E-state index >= 15 is 0 Å². The molecule has 3 unspecified atom stereocenters. The summed E-state index contributed by atoms with van der Waals surface area (Å²) in [5.41, 5.74) is 0. The van der Waals surface area contributed by atoms with Crippen LogP contribution in [0.1, 0.15) is 245 Å². The van der Waals surface area contributed by atoms with Crippen molar-refractivity contribution in [3.05, 3.63) is 36.5 Å². The predicted molar refractivity (Wildman–Crippen MR) is 270 cm³/mol. The van der Waals surface area contributed by atoms with Gasteiger partial charge in [-0.2, -0.15) is 0 Å². The van der Waals surface area contributed by atoms with Crippen LogP contribution in [0.3, 0.4) is 0 Å². The number of quaternary nitrogens is 1. The molecule has 0 aliphatic rings. The van der Waals surface area contributed by atoms with Gasteiger partial charge in [0.15, 0.2) is 0 Å². The topological polar surface area (TPSA) is 114 Å². The molecule has 64 heavy (non-hydrogen) atoms. The summed E-state index contributed by atoms with van der Waals surface area (Å²) in [5, 5.41) is 3.00. The molecule has 0 heterocycles. The van der Waals surface area contributed by atoms with Gasteiger partial charge in [-0.15, -0.1) is 0 Å². The van der Waals surface area contributed by atoms with E-state index < -0.39 is 26.6 Å². The van der Waals surface area contributed by atoms with Gasteiger partial charge in [0.05, 0.1) is 33.8 Å². The number of nitrogens with one attached hydrogen (secondary N) is 1. The zero-order chi connectivity index (χ0) is 47.3. The number of phosphoric acid groups is 1. The van der Waals surface area contributed by atoms with Crippen LogP contribution in [0.5, 0.6) is 0 Å². The maximum absolute atomic E-state index is 13.4. The number of ether oxygens (including phenoxy) is 1. The van der Waals surface area contributed by atoms with Crippen molar-refractivity contribution < 1.29 is 37.3 Å². The van der Waals surface area contributed by atoms with Crippen molar-refractivity contribution in [3.8, 4) is 0 Å². The number of carbonyl (C=O) groups is 2. The first-order valence-electron chi connectivity index (χ1n) is 26.8. The first kappa shape index (κ1) is 62.2. The molecule has 0 spiro atoms. The zero-order valence-electron chi connectivity index (χ0n) is 42.7. The van der Waals surface area contributed by atoms with E-state index in [1.165, 1.54) is 128 Å². The second-order valence-electron chi connectivity index (χ2n) is 19.4. The first-order chi connectivity index (χ1) is 30.9. The number of carbonyl (C=O) groups excluding carboxylic acids is 2. The summed E-state index contributed by atoms with van der Waals surface area (Å²) < 4.78 is 30.1. The predicted octanol–water partition coefficient (Wildman–Crippen LogP) is 15.0. The molecule has 0 aliphatic heterocycles. The summed E-state index contributed by atoms with van der Waals surface area (Å²) in [6, 6.07) is -0.897. The van der Waals surface area contributed by atoms with Gasteiger partial charge in [-0.05, 0) is 83.1 Å². The highest BCUT2D eigenvalue weighted by Gasteiger charge is 2.27. The minimum absolute atomic E-state index is 0.0262. The monoisotopic (exact) mass is 923 g/mol. The van der Waals surface area contributed by atoms with E-state index in [-0.39, 0.29) is 24.9 Å². The van der Waals surface area contributed by atoms with Crippen molar-refractivity contribution in [2.24, 2.45) is 0 Å². The van der Waals surface area contributed by atoms with Crippen LogP contribution < -0.4 is 10.2 Å². The molecule has 1 N–H and O–H groups in total. The molecule has 3 atom stereocenters. The number of nitrogens with zero attached hydrogens (tertiary/aromatic N) is 1. The van der Waals surface area contributed by atoms with Crippen LogP contribution in [0.2, 0.25) is 0 Å². The minimum atomic E-state index is -4.69. The Kier molecular flexibility index (Phi) is 43.8. The molecule has 0 radical (unpaired) electrons. The van der Waals surface area contributed by atoms with E-state index in [9.17, 15) is 19.0 Å². The molecule has 0 aromatic heterocycles. The van der Waals surface area contributed by atoms with Crippen LogP contribution in [0.15, 0.2) is 36.5 Å². The number of amides is 1. The highest BCUT2D eigenvalue weighted by atomic mass is 31.2. The lowest BCUT2D eigenvalue weighted by Crippen LogP contribution is -2.47. The Morgan fingerprint density at radius 3 is 1.33 bits per heavy atom. The van der Waals surface area contributed by atoms with E-state index in [1.807, 2.05) is 33.3 Å². The van der Waals surface area contributed by atoms with Crippen molar-refractivity contribution in [1.29, 1.82) is 0 Å². The third kappa shape index (κ3) is 45.4. The van der Waals surface area contributed by atoms with Gasteiger partial charge in [-0.3, -0.25) is 14.2 Å². The third-order valence-electron chi connectivity index (χ3n) is 11.8. The summed E-state index contributed by atoms with van der Waals surface area (Å²) in [6.45, 7) is 6.80. The molecule has 1 amide bonds. The van der Waals surface area contributed by atoms with E-state index in [2.05, 4.69) is 50.4 Å². The Balaban J connectivity index is 5.46. The van der Waals surface area contributed by atoms with Gasteiger partial charge in [-0.25, -0.2) is 0 Å². The molecule has 0 aromatic carbocycles. The van der Waals surface area contributed by atoms with Crippen molar-refractivity contribution >= 4 is 19.7 Å². The number of phosphoric ester groups is 1. The van der Waals surface area contributed by atoms with E-state index in [0.717, 1.165) is 70.6 Å². The van der Waals surface area contributed by atoms with Crippen molar-refractivity contribution in [1.82, 2.24) is 5.32 Å². The quantitative estimate of drug-likeness (QED) is 0.0212. The van der Waals surface area contributed by atoms with E-state index in [1.54, 1.807) is 0 Å². The number of allylic oxidation sites excluding steroid dienone is 5. The summed E-state index contributed by atoms with van der Waals surface area (Å²) in [4.78, 5) is 39.7. The minimum Gasteiger partial charge on any atom is -0.756 e. The number of likely N-dealkylation sites (N-methyl/N-ethyl adjacent to an activating group) is 1. The molecule has 0 bridgehead atoms. The van der Waals surface area contributed by atoms with E-state index in [0.29, 0.717) is 30.3 Å². The van der Waals surface area contributed by atoms with Crippen LogP contribution in [0.4, 0.5) is 0 Å². The van der Waals surface area contributed by atoms with Crippen molar-refractivity contribution in [2.45, 2.75) is 258 Å². The summed E-state index contributed by atoms with van der Waals surface area (Å²) >= 11 is 0. The molecule has 0 fully saturated rings. The fourth-order valence-electron chi connectivity index (χ4n) is 7.57. The first-order valence-corrected chi connectivity index (χ1v) is 28.3. The molecule has 0 saturated heterocycles. The van der Waals surface area contributed by atoms with Gasteiger partial charge in [0.1, 0.15) is 19.3 Å². The molecule has 0 rings (SSSR count). The van der Waals surface area contributed by atoms with Gasteiger partial charge in [0.2, 0.25) is 5.91 Å². The average Bonchev–Trinajstić information content (AvgIpc) is 3.25. The fourth-order valence-corrected chi connectivity index (χ4v) is 8.29. The highest BCUT2D eigenvalue weighted by molar-refractivity contribution is 7.45. The second-order valence-corrected chi connectivity index (χ2v) is 20.8. The van der Waals surface area contributed by atoms with Gasteiger partial charge in [0, 0.05) is 12.8 Å². The lowest BCUT2D eigenvalue weighted by molar-refractivity contribution is -0.870. The maximum atomic E-state index is 13.4. The van der Waals surface area contributed by atoms with Crippen LogP contribution in [-0.4, -0.2) is 69.4 Å². The average molecular weight is 923 g/mol. The van der Waals surface area contributed by atoms with Gasteiger partial charge in [-0.1, -0.05) is 186 Å². The molecular formula is C54H103N2O7P. The van der Waals surface area contributed by atoms with Crippen molar-refractivity contribution in [3.63, 3.8) is 0 Å². The number of esters is 1. The smallest absolute Gasteiger partial charge is 0.306 e. The number of rotatable bonds is 48. The normalized spacial score (nSPS) is 14.2. The molecule has 9 nitrogen and oxygen atoms in total. The fraction of sp³-hybridized carbons (Fsp3) is 0.852. The van der Waals surface area contributed by atoms with Crippen LogP contribution >= 0.6 is 7.82 Å². The molecule has 10 heteroatoms. The molecule has 0 aliphatic carbocycles. The Morgan fingerprint density at radius 2 is 0.906 bits per heavy atom. The summed E-state index contributed by atoms with van der Waals surface area (Å²) in [7, 11) is 1.17. The van der Waals surface area contributed by atoms with Crippen LogP contribution in [-0.2, 0) is 27.9 Å². The van der Waals surface area contributed by atoms with Crippen LogP contribution in [0.25, 0.3) is 0 Å². The molecule has 0 aromatic rings. The highest BCUT2D eigenvalue weighted by Crippen LogP contribution is 2.38. The molecule has 0 saturated carbocycles. The lowest BCUT2D eigenvalue weighted by atomic mass is 10.1. The molecular weight excluding hydrogens is 820 g/mol. The number of hydrogen-bond donors (Lipinski definition) is 1. The summed E-state index contributed by atoms with van der Waals surface area (Å²) in [6.07, 6.45) is 51.1. The van der Waals surface area contributed by atoms with Gasteiger partial charge < -0.3 is 28.5 Å². The van der Waals surface area contributed by atoms with Gasteiger partial charge >= 0.3 is 5.97 Å². The second kappa shape index (κ2) is 45.0. The lowest BCUT2D eigenvalue weighted by Gasteiger charge is -2.30. The standard InChI is InChI=1S/C54H103N2O7P/c1-7-10-13-16-19-22-25-28-31-34-37-40-43-46-53(57)55-51(50-62-64(59,60)61-49-48-56(4,5)6)52(45-42-39-36-33-30-27-24-21-18-15-12-9-3)63-54(58)47-44-41-38-35-32-29-26-23-20-17-14-11-8-2/h28-29,31-32,42,45,51-52H,7-27,30,33-41,43-44,46-50H2,1-6H3,(H-,55,57,59,60)/b31-28-,32-29-,45-42+. The SMILES string of the molecule is CCCCCCCC/C=C\CCCCCC(=O)NC(COP(=O)([O-])OCC[N+](C)(C)C)C(/C=C/CCCCCCCCCCCC)OC(=O)CCCCC/C=C\CCCCCCCC. The largest absolute Gasteiger partial charge is 0.756 e. The Hall–Kier alpha value is -1.77. The maximum Gasteiger partial charge on any atom is 0.306 e. The van der Waals surface area contributed by atoms with Gasteiger partial charge in [0.25, 0.3) is 7.82 Å². The third-order valence-corrected chi connectivity index (χ3v) is 12.8. The van der Waals surface area contributed by atoms with Crippen molar-refractivity contribution in [2.75, 3.05) is 40.9 Å². The molecule has 376 valence electrons.